The number of carbonyl (C=O) groups is 2. The van der Waals surface area contributed by atoms with Gasteiger partial charge in [-0.25, -0.2) is 9.59 Å². The van der Waals surface area contributed by atoms with Crippen molar-refractivity contribution >= 4 is 12.1 Å². The summed E-state index contributed by atoms with van der Waals surface area (Å²) in [6, 6.07) is 15.3. The van der Waals surface area contributed by atoms with Gasteiger partial charge in [0.2, 0.25) is 0 Å². The van der Waals surface area contributed by atoms with Crippen molar-refractivity contribution in [2.45, 2.75) is 70.4 Å². The molecule has 0 fully saturated rings. The molecule has 184 valence electrons. The number of carboxylic acid groups (broad SMARTS) is 1. The number of hydrogen-bond acceptors (Lipinski definition) is 4. The zero-order valence-corrected chi connectivity index (χ0v) is 20.7. The lowest BCUT2D eigenvalue weighted by atomic mass is 9.93. The molecule has 2 atom stereocenters. The SMILES string of the molecule is COC(C)(C)CCCC(C)CCC(NC(=O)OCC1c2ccccc2-c2ccccc21)C(=O)O. The summed E-state index contributed by atoms with van der Waals surface area (Å²) in [6.45, 7) is 6.41. The van der Waals surface area contributed by atoms with Crippen LogP contribution in [-0.2, 0) is 14.3 Å². The summed E-state index contributed by atoms with van der Waals surface area (Å²) in [5, 5.41) is 12.2. The Morgan fingerprint density at radius 1 is 1.00 bits per heavy atom. The lowest BCUT2D eigenvalue weighted by molar-refractivity contribution is -0.139. The van der Waals surface area contributed by atoms with E-state index in [4.69, 9.17) is 9.47 Å². The Balaban J connectivity index is 1.50. The van der Waals surface area contributed by atoms with Crippen LogP contribution in [0.2, 0.25) is 0 Å². The van der Waals surface area contributed by atoms with Crippen molar-refractivity contribution < 1.29 is 24.2 Å². The topological polar surface area (TPSA) is 84.9 Å². The molecule has 1 aliphatic carbocycles. The number of methoxy groups -OCH3 is 1. The van der Waals surface area contributed by atoms with E-state index in [9.17, 15) is 14.7 Å². The van der Waals surface area contributed by atoms with Gasteiger partial charge in [0, 0.05) is 13.0 Å². The highest BCUT2D eigenvalue weighted by Gasteiger charge is 2.30. The highest BCUT2D eigenvalue weighted by Crippen LogP contribution is 2.44. The number of benzene rings is 2. The first-order valence-corrected chi connectivity index (χ1v) is 12.1. The summed E-state index contributed by atoms with van der Waals surface area (Å²) in [7, 11) is 1.72. The van der Waals surface area contributed by atoms with Crippen LogP contribution in [0.4, 0.5) is 4.79 Å². The predicted molar refractivity (Wildman–Crippen MR) is 133 cm³/mol. The van der Waals surface area contributed by atoms with Crippen LogP contribution in [0.5, 0.6) is 0 Å². The van der Waals surface area contributed by atoms with Crippen LogP contribution in [0.1, 0.15) is 69.9 Å². The average molecular weight is 468 g/mol. The van der Waals surface area contributed by atoms with Gasteiger partial charge in [-0.15, -0.1) is 0 Å². The van der Waals surface area contributed by atoms with E-state index in [1.54, 1.807) is 7.11 Å². The van der Waals surface area contributed by atoms with Crippen molar-refractivity contribution in [2.75, 3.05) is 13.7 Å². The molecular weight excluding hydrogens is 430 g/mol. The number of rotatable bonds is 12. The number of carboxylic acids is 1. The van der Waals surface area contributed by atoms with Crippen molar-refractivity contribution in [3.05, 3.63) is 59.7 Å². The fraction of sp³-hybridized carbons (Fsp3) is 0.500. The number of alkyl carbamates (subject to hydrolysis) is 1. The lowest BCUT2D eigenvalue weighted by Gasteiger charge is -2.23. The molecule has 2 N–H and O–H groups in total. The Bertz CT molecular complexity index is 941. The van der Waals surface area contributed by atoms with Gasteiger partial charge in [-0.2, -0.15) is 0 Å². The lowest BCUT2D eigenvalue weighted by Crippen LogP contribution is -2.41. The van der Waals surface area contributed by atoms with Crippen LogP contribution >= 0.6 is 0 Å². The Morgan fingerprint density at radius 3 is 2.15 bits per heavy atom. The fourth-order valence-corrected chi connectivity index (χ4v) is 4.61. The molecule has 0 radical (unpaired) electrons. The van der Waals surface area contributed by atoms with Gasteiger partial charge in [-0.3, -0.25) is 0 Å². The minimum absolute atomic E-state index is 0.0576. The Kier molecular flexibility index (Phi) is 8.72. The standard InChI is InChI=1S/C28H37NO5/c1-19(10-9-17-28(2,3)33-4)15-16-25(26(30)31)29-27(32)34-18-24-22-13-7-5-11-20(22)21-12-6-8-14-23(21)24/h5-8,11-14,19,24-25H,9-10,15-18H2,1-4H3,(H,29,32)(H,30,31). The summed E-state index contributed by atoms with van der Waals surface area (Å²) in [5.74, 6) is -0.738. The van der Waals surface area contributed by atoms with Crippen LogP contribution in [0.25, 0.3) is 11.1 Å². The molecule has 1 amide bonds. The van der Waals surface area contributed by atoms with Gasteiger partial charge in [0.25, 0.3) is 0 Å². The van der Waals surface area contributed by atoms with E-state index in [1.165, 1.54) is 0 Å². The van der Waals surface area contributed by atoms with Gasteiger partial charge >= 0.3 is 12.1 Å². The second-order valence-corrected chi connectivity index (χ2v) is 9.90. The summed E-state index contributed by atoms with van der Waals surface area (Å²) >= 11 is 0. The molecule has 34 heavy (non-hydrogen) atoms. The number of amides is 1. The quantitative estimate of drug-likeness (QED) is 0.400. The molecule has 3 rings (SSSR count). The summed E-state index contributed by atoms with van der Waals surface area (Å²) in [4.78, 5) is 24.2. The third-order valence-electron chi connectivity index (χ3n) is 6.91. The van der Waals surface area contributed by atoms with Crippen molar-refractivity contribution in [3.63, 3.8) is 0 Å². The third kappa shape index (κ3) is 6.60. The van der Waals surface area contributed by atoms with Gasteiger partial charge < -0.3 is 19.9 Å². The van der Waals surface area contributed by atoms with Crippen molar-refractivity contribution in [1.29, 1.82) is 0 Å². The van der Waals surface area contributed by atoms with Gasteiger partial charge in [0.1, 0.15) is 12.6 Å². The zero-order valence-electron chi connectivity index (χ0n) is 20.7. The van der Waals surface area contributed by atoms with E-state index < -0.39 is 18.1 Å². The normalized spacial score (nSPS) is 14.7. The summed E-state index contributed by atoms with van der Waals surface area (Å²) < 4.78 is 11.0. The van der Waals surface area contributed by atoms with Crippen molar-refractivity contribution in [3.8, 4) is 11.1 Å². The number of hydrogen-bond donors (Lipinski definition) is 2. The second kappa shape index (κ2) is 11.5. The molecule has 0 bridgehead atoms. The minimum Gasteiger partial charge on any atom is -0.480 e. The van der Waals surface area contributed by atoms with Crippen molar-refractivity contribution in [1.82, 2.24) is 5.32 Å². The maximum Gasteiger partial charge on any atom is 0.407 e. The predicted octanol–water partition coefficient (Wildman–Crippen LogP) is 5.99. The summed E-state index contributed by atoms with van der Waals surface area (Å²) in [5.41, 5.74) is 4.40. The maximum absolute atomic E-state index is 12.5. The summed E-state index contributed by atoms with van der Waals surface area (Å²) in [6.07, 6.45) is 3.35. The third-order valence-corrected chi connectivity index (χ3v) is 6.91. The number of nitrogens with one attached hydrogen (secondary N) is 1. The molecule has 2 aromatic carbocycles. The molecule has 0 aliphatic heterocycles. The van der Waals surface area contributed by atoms with E-state index in [0.29, 0.717) is 18.8 Å². The molecule has 2 aromatic rings. The maximum atomic E-state index is 12.5. The first-order valence-electron chi connectivity index (χ1n) is 12.1. The van der Waals surface area contributed by atoms with Gasteiger partial charge in [0.15, 0.2) is 0 Å². The monoisotopic (exact) mass is 467 g/mol. The highest BCUT2D eigenvalue weighted by atomic mass is 16.5. The Hall–Kier alpha value is -2.86. The van der Waals surface area contributed by atoms with Gasteiger partial charge in [-0.1, -0.05) is 68.3 Å². The van der Waals surface area contributed by atoms with Gasteiger partial charge in [0.05, 0.1) is 5.60 Å². The number of ether oxygens (including phenoxy) is 2. The van der Waals surface area contributed by atoms with Crippen LogP contribution in [0, 0.1) is 5.92 Å². The largest absolute Gasteiger partial charge is 0.480 e. The second-order valence-electron chi connectivity index (χ2n) is 9.90. The molecule has 0 aromatic heterocycles. The van der Waals surface area contributed by atoms with E-state index in [1.807, 2.05) is 24.3 Å². The molecule has 2 unspecified atom stereocenters. The molecule has 6 heteroatoms. The minimum atomic E-state index is -1.04. The van der Waals surface area contributed by atoms with Crippen LogP contribution in [-0.4, -0.2) is 42.5 Å². The van der Waals surface area contributed by atoms with E-state index in [0.717, 1.165) is 41.5 Å². The zero-order chi connectivity index (χ0) is 24.7. The Morgan fingerprint density at radius 2 is 1.59 bits per heavy atom. The Labute approximate surface area is 202 Å². The molecule has 0 saturated carbocycles. The average Bonchev–Trinajstić information content (AvgIpc) is 3.14. The van der Waals surface area contributed by atoms with E-state index in [2.05, 4.69) is 50.4 Å². The molecule has 0 spiro atoms. The van der Waals surface area contributed by atoms with Crippen LogP contribution in [0.3, 0.4) is 0 Å². The smallest absolute Gasteiger partial charge is 0.407 e. The van der Waals surface area contributed by atoms with Crippen molar-refractivity contribution in [2.24, 2.45) is 5.92 Å². The van der Waals surface area contributed by atoms with Crippen LogP contribution < -0.4 is 5.32 Å². The molecule has 1 aliphatic rings. The molecular formula is C28H37NO5. The molecule has 0 saturated heterocycles. The first kappa shape index (κ1) is 25.8. The van der Waals surface area contributed by atoms with E-state index >= 15 is 0 Å². The van der Waals surface area contributed by atoms with E-state index in [-0.39, 0.29) is 18.1 Å². The molecule has 6 nitrogen and oxygen atoms in total. The number of fused-ring (bicyclic) bond motifs is 3. The first-order chi connectivity index (χ1) is 16.2. The van der Waals surface area contributed by atoms with Gasteiger partial charge in [-0.05, 0) is 61.3 Å². The number of carbonyl (C=O) groups excluding carboxylic acids is 1. The number of aliphatic carboxylic acids is 1. The highest BCUT2D eigenvalue weighted by molar-refractivity contribution is 5.81. The fourth-order valence-electron chi connectivity index (χ4n) is 4.61. The van der Waals surface area contributed by atoms with Crippen LogP contribution in [0.15, 0.2) is 48.5 Å². The molecule has 0 heterocycles.